The van der Waals surface area contributed by atoms with Gasteiger partial charge < -0.3 is 15.0 Å². The number of methoxy groups -OCH3 is 1. The van der Waals surface area contributed by atoms with Crippen molar-refractivity contribution in [3.63, 3.8) is 0 Å². The number of aromatic amines is 1. The summed E-state index contributed by atoms with van der Waals surface area (Å²) in [5.74, 6) is -0.393. The topological polar surface area (TPSA) is 71.2 Å². The van der Waals surface area contributed by atoms with Gasteiger partial charge in [0.05, 0.1) is 7.11 Å². The van der Waals surface area contributed by atoms with E-state index in [9.17, 15) is 9.59 Å². The second kappa shape index (κ2) is 6.04. The maximum absolute atomic E-state index is 11.9. The molecule has 5 heteroatoms. The molecule has 2 N–H and O–H groups in total. The van der Waals surface area contributed by atoms with Gasteiger partial charge in [-0.2, -0.15) is 0 Å². The molecular formula is C14H16N2O3. The van der Waals surface area contributed by atoms with Crippen LogP contribution in [0, 0.1) is 0 Å². The van der Waals surface area contributed by atoms with Crippen LogP contribution in [0.4, 0.5) is 0 Å². The first kappa shape index (κ1) is 13.1. The van der Waals surface area contributed by atoms with Crippen molar-refractivity contribution in [2.75, 3.05) is 13.7 Å². The van der Waals surface area contributed by atoms with Gasteiger partial charge in [0.15, 0.2) is 0 Å². The summed E-state index contributed by atoms with van der Waals surface area (Å²) in [6, 6.07) is 7.40. The van der Waals surface area contributed by atoms with Gasteiger partial charge in [0.1, 0.15) is 0 Å². The van der Waals surface area contributed by atoms with E-state index >= 15 is 0 Å². The highest BCUT2D eigenvalue weighted by atomic mass is 16.5. The zero-order chi connectivity index (χ0) is 13.7. The number of rotatable bonds is 5. The van der Waals surface area contributed by atoms with Crippen LogP contribution in [-0.2, 0) is 9.53 Å². The molecule has 0 aliphatic heterocycles. The Morgan fingerprint density at radius 2 is 2.16 bits per heavy atom. The molecule has 0 fully saturated rings. The molecule has 2 rings (SSSR count). The average Bonchev–Trinajstić information content (AvgIpc) is 2.90. The molecule has 0 saturated carbocycles. The van der Waals surface area contributed by atoms with Crippen LogP contribution in [0.25, 0.3) is 10.9 Å². The Bertz CT molecular complexity index is 589. The van der Waals surface area contributed by atoms with Crippen molar-refractivity contribution in [3.8, 4) is 0 Å². The fourth-order valence-corrected chi connectivity index (χ4v) is 1.83. The van der Waals surface area contributed by atoms with E-state index in [4.69, 9.17) is 0 Å². The zero-order valence-electron chi connectivity index (χ0n) is 10.7. The molecule has 5 nitrogen and oxygen atoms in total. The van der Waals surface area contributed by atoms with E-state index in [1.807, 2.05) is 24.4 Å². The van der Waals surface area contributed by atoms with Gasteiger partial charge in [-0.1, -0.05) is 0 Å². The summed E-state index contributed by atoms with van der Waals surface area (Å²) < 4.78 is 4.53. The number of fused-ring (bicyclic) bond motifs is 1. The molecule has 19 heavy (non-hydrogen) atoms. The lowest BCUT2D eigenvalue weighted by molar-refractivity contribution is -0.140. The highest BCUT2D eigenvalue weighted by Crippen LogP contribution is 2.14. The lowest BCUT2D eigenvalue weighted by Crippen LogP contribution is -2.24. The zero-order valence-corrected chi connectivity index (χ0v) is 10.7. The number of hydrogen-bond acceptors (Lipinski definition) is 3. The number of hydrogen-bond donors (Lipinski definition) is 2. The Morgan fingerprint density at radius 3 is 2.95 bits per heavy atom. The Kier molecular flexibility index (Phi) is 4.18. The van der Waals surface area contributed by atoms with Gasteiger partial charge in [-0.15, -0.1) is 0 Å². The largest absolute Gasteiger partial charge is 0.469 e. The Labute approximate surface area is 110 Å². The fourth-order valence-electron chi connectivity index (χ4n) is 1.83. The lowest BCUT2D eigenvalue weighted by atomic mass is 10.1. The minimum absolute atomic E-state index is 0.132. The predicted octanol–water partition coefficient (Wildman–Crippen LogP) is 1.85. The molecule has 0 unspecified atom stereocenters. The summed E-state index contributed by atoms with van der Waals surface area (Å²) in [7, 11) is 1.35. The van der Waals surface area contributed by atoms with Gasteiger partial charge >= 0.3 is 5.97 Å². The number of esters is 1. The lowest BCUT2D eigenvalue weighted by Gasteiger charge is -2.05. The van der Waals surface area contributed by atoms with Crippen molar-refractivity contribution in [2.45, 2.75) is 12.8 Å². The van der Waals surface area contributed by atoms with E-state index in [0.717, 1.165) is 10.9 Å². The number of H-pyrrole nitrogens is 1. The van der Waals surface area contributed by atoms with Gasteiger partial charge in [0, 0.05) is 35.6 Å². The molecule has 0 radical (unpaired) electrons. The van der Waals surface area contributed by atoms with Crippen molar-refractivity contribution >= 4 is 22.8 Å². The third-order valence-corrected chi connectivity index (χ3v) is 2.89. The number of ether oxygens (including phenoxy) is 1. The number of carbonyl (C=O) groups is 2. The quantitative estimate of drug-likeness (QED) is 0.636. The summed E-state index contributed by atoms with van der Waals surface area (Å²) >= 11 is 0. The van der Waals surface area contributed by atoms with E-state index in [2.05, 4.69) is 15.0 Å². The van der Waals surface area contributed by atoms with Crippen LogP contribution in [0.5, 0.6) is 0 Å². The first-order valence-corrected chi connectivity index (χ1v) is 6.13. The third-order valence-electron chi connectivity index (χ3n) is 2.89. The molecular weight excluding hydrogens is 244 g/mol. The van der Waals surface area contributed by atoms with Crippen LogP contribution in [0.15, 0.2) is 30.5 Å². The Hall–Kier alpha value is -2.30. The van der Waals surface area contributed by atoms with Gasteiger partial charge in [-0.25, -0.2) is 0 Å². The van der Waals surface area contributed by atoms with Crippen LogP contribution in [0.3, 0.4) is 0 Å². The molecule has 0 aliphatic rings. The smallest absolute Gasteiger partial charge is 0.305 e. The van der Waals surface area contributed by atoms with Crippen molar-refractivity contribution in [2.24, 2.45) is 0 Å². The van der Waals surface area contributed by atoms with E-state index in [-0.39, 0.29) is 11.9 Å². The number of amides is 1. The predicted molar refractivity (Wildman–Crippen MR) is 71.9 cm³/mol. The molecule has 0 saturated heterocycles. The normalized spacial score (nSPS) is 10.4. The van der Waals surface area contributed by atoms with E-state index < -0.39 is 0 Å². The molecule has 1 aromatic carbocycles. The van der Waals surface area contributed by atoms with E-state index in [1.165, 1.54) is 7.11 Å². The van der Waals surface area contributed by atoms with Gasteiger partial charge in [-0.3, -0.25) is 9.59 Å². The molecule has 0 aliphatic carbocycles. The summed E-state index contributed by atoms with van der Waals surface area (Å²) in [6.45, 7) is 0.457. The monoisotopic (exact) mass is 260 g/mol. The number of carbonyl (C=O) groups excluding carboxylic acids is 2. The molecule has 2 aromatic rings. The van der Waals surface area contributed by atoms with Gasteiger partial charge in [0.2, 0.25) is 0 Å². The van der Waals surface area contributed by atoms with Crippen LogP contribution in [-0.4, -0.2) is 30.5 Å². The SMILES string of the molecule is COC(=O)CCCNC(=O)c1ccc2[nH]ccc2c1. The average molecular weight is 260 g/mol. The van der Waals surface area contributed by atoms with Gasteiger partial charge in [0.25, 0.3) is 5.91 Å². The highest BCUT2D eigenvalue weighted by molar-refractivity contribution is 5.98. The number of nitrogens with one attached hydrogen (secondary N) is 2. The van der Waals surface area contributed by atoms with Crippen LogP contribution < -0.4 is 5.32 Å². The molecule has 0 bridgehead atoms. The van der Waals surface area contributed by atoms with E-state index in [0.29, 0.717) is 24.9 Å². The maximum atomic E-state index is 11.9. The minimum Gasteiger partial charge on any atom is -0.469 e. The first-order valence-electron chi connectivity index (χ1n) is 6.13. The third kappa shape index (κ3) is 3.34. The second-order valence-electron chi connectivity index (χ2n) is 4.22. The summed E-state index contributed by atoms with van der Waals surface area (Å²) in [5, 5.41) is 3.78. The van der Waals surface area contributed by atoms with Crippen LogP contribution in [0.2, 0.25) is 0 Å². The summed E-state index contributed by atoms with van der Waals surface area (Å²) in [5.41, 5.74) is 1.62. The van der Waals surface area contributed by atoms with Crippen molar-refractivity contribution in [1.82, 2.24) is 10.3 Å². The fraction of sp³-hybridized carbons (Fsp3) is 0.286. The second-order valence-corrected chi connectivity index (χ2v) is 4.22. The highest BCUT2D eigenvalue weighted by Gasteiger charge is 2.06. The van der Waals surface area contributed by atoms with Crippen molar-refractivity contribution < 1.29 is 14.3 Å². The first-order chi connectivity index (χ1) is 9.20. The summed E-state index contributed by atoms with van der Waals surface area (Å²) in [4.78, 5) is 25.9. The van der Waals surface area contributed by atoms with Crippen molar-refractivity contribution in [1.29, 1.82) is 0 Å². The van der Waals surface area contributed by atoms with E-state index in [1.54, 1.807) is 6.07 Å². The number of benzene rings is 1. The molecule has 1 heterocycles. The van der Waals surface area contributed by atoms with Gasteiger partial charge in [-0.05, 0) is 30.7 Å². The number of aromatic nitrogens is 1. The minimum atomic E-state index is -0.261. The standard InChI is InChI=1S/C14H16N2O3/c1-19-13(17)3-2-7-16-14(18)11-4-5-12-10(9-11)6-8-15-12/h4-6,8-9,15H,2-3,7H2,1H3,(H,16,18). The molecule has 0 spiro atoms. The molecule has 1 amide bonds. The van der Waals surface area contributed by atoms with Crippen LogP contribution in [0.1, 0.15) is 23.2 Å². The van der Waals surface area contributed by atoms with Crippen LogP contribution >= 0.6 is 0 Å². The summed E-state index contributed by atoms with van der Waals surface area (Å²) in [6.07, 6.45) is 2.72. The Balaban J connectivity index is 1.87. The van der Waals surface area contributed by atoms with Crippen molar-refractivity contribution in [3.05, 3.63) is 36.0 Å². The maximum Gasteiger partial charge on any atom is 0.305 e. The molecule has 0 atom stereocenters. The molecule has 1 aromatic heterocycles. The Morgan fingerprint density at radius 1 is 1.32 bits per heavy atom. The molecule has 100 valence electrons.